The van der Waals surface area contributed by atoms with E-state index in [0.717, 1.165) is 11.8 Å². The van der Waals surface area contributed by atoms with Crippen LogP contribution in [-0.4, -0.2) is 30.6 Å². The fourth-order valence-corrected chi connectivity index (χ4v) is 6.03. The van der Waals surface area contributed by atoms with E-state index in [1.165, 1.54) is 37.8 Å². The van der Waals surface area contributed by atoms with Gasteiger partial charge in [-0.3, -0.25) is 9.35 Å². The van der Waals surface area contributed by atoms with Gasteiger partial charge in [-0.05, 0) is 67.0 Å². The van der Waals surface area contributed by atoms with Gasteiger partial charge in [0.25, 0.3) is 10.1 Å². The molecule has 0 radical (unpaired) electrons. The maximum absolute atomic E-state index is 11.0. The number of carboxylic acids is 1. The van der Waals surface area contributed by atoms with Gasteiger partial charge in [-0.15, -0.1) is 0 Å². The van der Waals surface area contributed by atoms with Crippen LogP contribution in [0.3, 0.4) is 0 Å². The Morgan fingerprint density at radius 1 is 1.16 bits per heavy atom. The minimum atomic E-state index is -4.00. The van der Waals surface area contributed by atoms with Crippen molar-refractivity contribution in [2.24, 2.45) is 34.8 Å². The van der Waals surface area contributed by atoms with E-state index in [9.17, 15) is 13.2 Å². The first-order valence-corrected chi connectivity index (χ1v) is 10.2. The molecule has 5 atom stereocenters. The maximum atomic E-state index is 11.0. The second-order valence-electron chi connectivity index (χ2n) is 7.59. The molecule has 0 aliphatic heterocycles. The summed E-state index contributed by atoms with van der Waals surface area (Å²) in [5.41, 5.74) is 5.87. The predicted octanol–water partition coefficient (Wildman–Crippen LogP) is 2.41. The number of nitrogens with two attached hydrogens (primary N) is 1. The average molecular weight is 367 g/mol. The van der Waals surface area contributed by atoms with E-state index >= 15 is 0 Å². The highest BCUT2D eigenvalue weighted by Crippen LogP contribution is 2.70. The lowest BCUT2D eigenvalue weighted by molar-refractivity contribution is -0.156. The SMILES string of the molecule is NC[C@@]1(CC(=O)O)[C@@H]2CC[C@H]3C[C@@H]2[C@@H]1C3.O=S(=O)(O)c1ccccc1. The van der Waals surface area contributed by atoms with Crippen molar-refractivity contribution in [3.8, 4) is 0 Å². The zero-order valence-corrected chi connectivity index (χ0v) is 14.9. The van der Waals surface area contributed by atoms with Gasteiger partial charge in [0.05, 0.1) is 11.3 Å². The van der Waals surface area contributed by atoms with E-state index < -0.39 is 16.1 Å². The number of benzene rings is 1. The van der Waals surface area contributed by atoms with Crippen molar-refractivity contribution in [2.45, 2.75) is 37.0 Å². The van der Waals surface area contributed by atoms with Gasteiger partial charge >= 0.3 is 5.97 Å². The number of rotatable bonds is 4. The van der Waals surface area contributed by atoms with Crippen LogP contribution < -0.4 is 5.73 Å². The van der Waals surface area contributed by atoms with Crippen LogP contribution in [0, 0.1) is 29.1 Å². The molecule has 3 aliphatic carbocycles. The van der Waals surface area contributed by atoms with Crippen molar-refractivity contribution in [2.75, 3.05) is 6.54 Å². The Bertz CT molecular complexity index is 727. The number of fused-ring (bicyclic) bond motifs is 1. The third kappa shape index (κ3) is 3.32. The monoisotopic (exact) mass is 367 g/mol. The molecule has 1 aromatic carbocycles. The first-order valence-electron chi connectivity index (χ1n) is 8.72. The van der Waals surface area contributed by atoms with Crippen molar-refractivity contribution in [3.05, 3.63) is 30.3 Å². The van der Waals surface area contributed by atoms with Gasteiger partial charge in [-0.2, -0.15) is 8.42 Å². The van der Waals surface area contributed by atoms with Crippen LogP contribution >= 0.6 is 0 Å². The minimum absolute atomic E-state index is 0.0260. The summed E-state index contributed by atoms with van der Waals surface area (Å²) in [7, 11) is -4.00. The molecule has 1 aromatic rings. The molecule has 4 N–H and O–H groups in total. The van der Waals surface area contributed by atoms with E-state index in [1.54, 1.807) is 18.2 Å². The molecule has 0 spiro atoms. The van der Waals surface area contributed by atoms with Crippen LogP contribution in [-0.2, 0) is 14.9 Å². The van der Waals surface area contributed by atoms with Crippen LogP contribution in [0.5, 0.6) is 0 Å². The standard InChI is InChI=1S/C12H19NO2.C6H6O3S/c13-6-12(5-11(14)15)9-2-1-7-3-8(9)10(12)4-7;7-10(8,9)6-4-2-1-3-5-6/h7-10H,1-6,13H2,(H,14,15);1-5H,(H,7,8,9)/t7-,8-,9+,10-,12-;/m0./s1. The van der Waals surface area contributed by atoms with E-state index in [-0.39, 0.29) is 10.3 Å². The number of carboxylic acid groups (broad SMARTS) is 1. The van der Waals surface area contributed by atoms with E-state index in [0.29, 0.717) is 24.8 Å². The molecular formula is C18H25NO5S. The summed E-state index contributed by atoms with van der Waals surface area (Å²) < 4.78 is 29.2. The normalized spacial score (nSPS) is 35.3. The quantitative estimate of drug-likeness (QED) is 0.703. The van der Waals surface area contributed by atoms with Crippen molar-refractivity contribution in [3.63, 3.8) is 0 Å². The van der Waals surface area contributed by atoms with Gasteiger partial charge in [0.1, 0.15) is 0 Å². The summed E-state index contributed by atoms with van der Waals surface area (Å²) in [5, 5.41) is 9.04. The molecule has 0 saturated heterocycles. The molecule has 2 bridgehead atoms. The van der Waals surface area contributed by atoms with Crippen molar-refractivity contribution in [1.29, 1.82) is 0 Å². The van der Waals surface area contributed by atoms with Gasteiger partial charge in [0, 0.05) is 0 Å². The zero-order valence-electron chi connectivity index (χ0n) is 14.0. The Hall–Kier alpha value is -1.44. The van der Waals surface area contributed by atoms with E-state index in [2.05, 4.69) is 0 Å². The average Bonchev–Trinajstić information content (AvgIpc) is 2.75. The Balaban J connectivity index is 0.000000160. The number of hydrogen-bond acceptors (Lipinski definition) is 4. The van der Waals surface area contributed by atoms with Crippen LogP contribution in [0.2, 0.25) is 0 Å². The molecule has 0 amide bonds. The second kappa shape index (κ2) is 6.70. The summed E-state index contributed by atoms with van der Waals surface area (Å²) in [6.45, 7) is 0.581. The van der Waals surface area contributed by atoms with Gasteiger partial charge in [0.15, 0.2) is 0 Å². The molecule has 3 aliphatic rings. The Morgan fingerprint density at radius 3 is 2.36 bits per heavy atom. The third-order valence-corrected chi connectivity index (χ3v) is 7.36. The topological polar surface area (TPSA) is 118 Å². The molecule has 3 fully saturated rings. The van der Waals surface area contributed by atoms with Crippen molar-refractivity contribution >= 4 is 16.1 Å². The summed E-state index contributed by atoms with van der Waals surface area (Å²) in [6, 6.07) is 7.42. The molecule has 25 heavy (non-hydrogen) atoms. The molecule has 4 rings (SSSR count). The van der Waals surface area contributed by atoms with Crippen molar-refractivity contribution in [1.82, 2.24) is 0 Å². The van der Waals surface area contributed by atoms with Crippen LogP contribution in [0.4, 0.5) is 0 Å². The minimum Gasteiger partial charge on any atom is -0.481 e. The summed E-state index contributed by atoms with van der Waals surface area (Å²) >= 11 is 0. The molecular weight excluding hydrogens is 342 g/mol. The summed E-state index contributed by atoms with van der Waals surface area (Å²) in [6.07, 6.45) is 5.47. The molecule has 7 heteroatoms. The van der Waals surface area contributed by atoms with Gasteiger partial charge in [-0.1, -0.05) is 24.6 Å². The molecule has 0 unspecified atom stereocenters. The molecule has 6 nitrogen and oxygen atoms in total. The van der Waals surface area contributed by atoms with Crippen LogP contribution in [0.1, 0.15) is 32.1 Å². The third-order valence-electron chi connectivity index (χ3n) is 6.49. The highest BCUT2D eigenvalue weighted by Gasteiger charge is 2.65. The highest BCUT2D eigenvalue weighted by atomic mass is 32.2. The highest BCUT2D eigenvalue weighted by molar-refractivity contribution is 7.85. The maximum Gasteiger partial charge on any atom is 0.303 e. The lowest BCUT2D eigenvalue weighted by atomic mass is 9.45. The number of carbonyl (C=O) groups is 1. The van der Waals surface area contributed by atoms with Crippen LogP contribution in [0.25, 0.3) is 0 Å². The lowest BCUT2D eigenvalue weighted by Crippen LogP contribution is -2.59. The van der Waals surface area contributed by atoms with Gasteiger partial charge in [0.2, 0.25) is 0 Å². The largest absolute Gasteiger partial charge is 0.481 e. The Kier molecular flexibility index (Phi) is 4.92. The molecule has 0 aromatic heterocycles. The Morgan fingerprint density at radius 2 is 1.84 bits per heavy atom. The fourth-order valence-electron chi connectivity index (χ4n) is 5.53. The first kappa shape index (κ1) is 18.4. The smallest absolute Gasteiger partial charge is 0.303 e. The molecule has 138 valence electrons. The number of hydrogen-bond donors (Lipinski definition) is 3. The lowest BCUT2D eigenvalue weighted by Gasteiger charge is -2.59. The molecule has 3 saturated carbocycles. The van der Waals surface area contributed by atoms with Crippen molar-refractivity contribution < 1.29 is 22.9 Å². The van der Waals surface area contributed by atoms with Gasteiger partial charge in [-0.25, -0.2) is 0 Å². The zero-order chi connectivity index (χ0) is 18.2. The summed E-state index contributed by atoms with van der Waals surface area (Å²) in [4.78, 5) is 10.9. The fraction of sp³-hybridized carbons (Fsp3) is 0.611. The summed E-state index contributed by atoms with van der Waals surface area (Å²) in [5.74, 6) is 2.32. The second-order valence-corrected chi connectivity index (χ2v) is 9.01. The Labute approximate surface area is 148 Å². The van der Waals surface area contributed by atoms with Gasteiger partial charge < -0.3 is 10.8 Å². The molecule has 0 heterocycles. The van der Waals surface area contributed by atoms with E-state index in [4.69, 9.17) is 15.4 Å². The van der Waals surface area contributed by atoms with E-state index in [1.807, 2.05) is 0 Å². The predicted molar refractivity (Wildman–Crippen MR) is 92.4 cm³/mol. The van der Waals surface area contributed by atoms with Crippen LogP contribution in [0.15, 0.2) is 35.2 Å². The first-order chi connectivity index (χ1) is 11.8. The number of aliphatic carboxylic acids is 1.